The average Bonchev–Trinajstić information content (AvgIpc) is 2.52. The van der Waals surface area contributed by atoms with Crippen molar-refractivity contribution < 1.29 is 9.47 Å². The molecule has 0 spiro atoms. The minimum Gasteiger partial charge on any atom is -0.463 e. The van der Waals surface area contributed by atoms with Crippen molar-refractivity contribution in [3.63, 3.8) is 0 Å². The number of hydrogen-bond acceptors (Lipinski definition) is 8. The first kappa shape index (κ1) is 14.7. The van der Waals surface area contributed by atoms with Crippen LogP contribution in [0.4, 0.5) is 11.9 Å². The lowest BCUT2D eigenvalue weighted by Crippen LogP contribution is -2.40. The van der Waals surface area contributed by atoms with Gasteiger partial charge in [-0.1, -0.05) is 6.92 Å². The van der Waals surface area contributed by atoms with Crippen LogP contribution in [0.25, 0.3) is 0 Å². The van der Waals surface area contributed by atoms with E-state index in [0.717, 1.165) is 32.4 Å². The number of methoxy groups -OCH3 is 1. The van der Waals surface area contributed by atoms with Gasteiger partial charge in [-0.05, 0) is 19.3 Å². The van der Waals surface area contributed by atoms with E-state index in [1.165, 1.54) is 0 Å². The molecule has 2 rings (SSSR count). The first-order chi connectivity index (χ1) is 9.76. The van der Waals surface area contributed by atoms with Gasteiger partial charge in [0, 0.05) is 20.2 Å². The Morgan fingerprint density at radius 1 is 1.40 bits per heavy atom. The van der Waals surface area contributed by atoms with Crippen LogP contribution in [0.5, 0.6) is 6.01 Å². The summed E-state index contributed by atoms with van der Waals surface area (Å²) in [6.07, 6.45) is 3.19. The van der Waals surface area contributed by atoms with E-state index in [0.29, 0.717) is 24.5 Å². The van der Waals surface area contributed by atoms with Crippen molar-refractivity contribution in [2.75, 3.05) is 37.1 Å². The van der Waals surface area contributed by atoms with Crippen LogP contribution in [-0.2, 0) is 4.74 Å². The lowest BCUT2D eigenvalue weighted by molar-refractivity contribution is 0.0888. The highest BCUT2D eigenvalue weighted by molar-refractivity contribution is 5.38. The van der Waals surface area contributed by atoms with Gasteiger partial charge in [0.05, 0.1) is 12.7 Å². The highest BCUT2D eigenvalue weighted by Crippen LogP contribution is 2.20. The van der Waals surface area contributed by atoms with Crippen LogP contribution in [0, 0.1) is 0 Å². The second-order valence-electron chi connectivity index (χ2n) is 4.68. The predicted molar refractivity (Wildman–Crippen MR) is 75.7 cm³/mol. The van der Waals surface area contributed by atoms with E-state index < -0.39 is 0 Å². The normalized spacial score (nSPS) is 18.9. The molecule has 0 amide bonds. The van der Waals surface area contributed by atoms with Crippen LogP contribution in [0.1, 0.15) is 26.2 Å². The summed E-state index contributed by atoms with van der Waals surface area (Å²) in [4.78, 5) is 14.8. The molecule has 1 aromatic heterocycles. The molecule has 0 aliphatic carbocycles. The molecule has 0 radical (unpaired) electrons. The SMILES string of the molecule is CCCOc1nc(NN)nc(N2CCCC(OC)C2)n1. The lowest BCUT2D eigenvalue weighted by Gasteiger charge is -2.31. The van der Waals surface area contributed by atoms with Crippen LogP contribution >= 0.6 is 0 Å². The summed E-state index contributed by atoms with van der Waals surface area (Å²) in [6, 6.07) is 0.296. The number of anilines is 2. The van der Waals surface area contributed by atoms with Crippen molar-refractivity contribution in [2.24, 2.45) is 5.84 Å². The van der Waals surface area contributed by atoms with Gasteiger partial charge >= 0.3 is 6.01 Å². The molecule has 1 fully saturated rings. The van der Waals surface area contributed by atoms with E-state index in [1.807, 2.05) is 6.92 Å². The zero-order chi connectivity index (χ0) is 14.4. The third-order valence-electron chi connectivity index (χ3n) is 3.16. The number of nitrogens with two attached hydrogens (primary N) is 1. The van der Waals surface area contributed by atoms with Gasteiger partial charge < -0.3 is 14.4 Å². The molecule has 20 heavy (non-hydrogen) atoms. The Hall–Kier alpha value is -1.67. The smallest absolute Gasteiger partial charge is 0.323 e. The van der Waals surface area contributed by atoms with Gasteiger partial charge in [-0.3, -0.25) is 5.43 Å². The molecule has 1 aromatic rings. The average molecular weight is 282 g/mol. The van der Waals surface area contributed by atoms with Gasteiger partial charge in [-0.2, -0.15) is 15.0 Å². The fraction of sp³-hybridized carbons (Fsp3) is 0.750. The fourth-order valence-electron chi connectivity index (χ4n) is 2.12. The zero-order valence-electron chi connectivity index (χ0n) is 12.0. The third-order valence-corrected chi connectivity index (χ3v) is 3.16. The summed E-state index contributed by atoms with van der Waals surface area (Å²) in [5, 5.41) is 0. The quantitative estimate of drug-likeness (QED) is 0.577. The Morgan fingerprint density at radius 2 is 2.25 bits per heavy atom. The summed E-state index contributed by atoms with van der Waals surface area (Å²) >= 11 is 0. The van der Waals surface area contributed by atoms with Crippen molar-refractivity contribution in [3.05, 3.63) is 0 Å². The van der Waals surface area contributed by atoms with Crippen LogP contribution in [-0.4, -0.2) is 47.9 Å². The minimum absolute atomic E-state index is 0.204. The van der Waals surface area contributed by atoms with Crippen molar-refractivity contribution in [1.82, 2.24) is 15.0 Å². The number of nitrogens with one attached hydrogen (secondary N) is 1. The molecule has 0 bridgehead atoms. The summed E-state index contributed by atoms with van der Waals surface area (Å²) in [5.74, 6) is 6.27. The summed E-state index contributed by atoms with van der Waals surface area (Å²) in [6.45, 7) is 4.24. The second kappa shape index (κ2) is 7.20. The summed E-state index contributed by atoms with van der Waals surface area (Å²) in [7, 11) is 1.73. The first-order valence-corrected chi connectivity index (χ1v) is 6.90. The maximum absolute atomic E-state index is 5.47. The number of rotatable bonds is 6. The molecule has 0 saturated carbocycles. The van der Waals surface area contributed by atoms with Gasteiger partial charge in [-0.15, -0.1) is 0 Å². The van der Waals surface area contributed by atoms with E-state index in [2.05, 4.69) is 25.3 Å². The molecule has 0 aromatic carbocycles. The maximum Gasteiger partial charge on any atom is 0.323 e. The van der Waals surface area contributed by atoms with Gasteiger partial charge in [0.15, 0.2) is 0 Å². The Bertz CT molecular complexity index is 430. The number of nitrogens with zero attached hydrogens (tertiary/aromatic N) is 4. The second-order valence-corrected chi connectivity index (χ2v) is 4.68. The number of piperidine rings is 1. The molecule has 3 N–H and O–H groups in total. The van der Waals surface area contributed by atoms with Crippen molar-refractivity contribution in [3.8, 4) is 6.01 Å². The van der Waals surface area contributed by atoms with E-state index in [4.69, 9.17) is 15.3 Å². The predicted octanol–water partition coefficient (Wildman–Crippen LogP) is 0.561. The number of hydrazine groups is 1. The molecule has 1 aliphatic heterocycles. The molecule has 112 valence electrons. The van der Waals surface area contributed by atoms with Gasteiger partial charge in [0.2, 0.25) is 11.9 Å². The first-order valence-electron chi connectivity index (χ1n) is 6.90. The molecule has 1 aliphatic rings. The van der Waals surface area contributed by atoms with Gasteiger partial charge in [0.1, 0.15) is 0 Å². The van der Waals surface area contributed by atoms with Gasteiger partial charge in [-0.25, -0.2) is 5.84 Å². The molecule has 8 nitrogen and oxygen atoms in total. The molecule has 1 atom stereocenters. The van der Waals surface area contributed by atoms with Crippen molar-refractivity contribution >= 4 is 11.9 Å². The molecule has 2 heterocycles. The van der Waals surface area contributed by atoms with Crippen molar-refractivity contribution in [1.29, 1.82) is 0 Å². The largest absolute Gasteiger partial charge is 0.463 e. The highest BCUT2D eigenvalue weighted by atomic mass is 16.5. The number of nitrogen functional groups attached to an aromatic ring is 1. The lowest BCUT2D eigenvalue weighted by atomic mass is 10.1. The van der Waals surface area contributed by atoms with Crippen molar-refractivity contribution in [2.45, 2.75) is 32.3 Å². The zero-order valence-corrected chi connectivity index (χ0v) is 12.0. The summed E-state index contributed by atoms with van der Waals surface area (Å²) in [5.41, 5.74) is 2.45. The van der Waals surface area contributed by atoms with E-state index in [1.54, 1.807) is 7.11 Å². The Balaban J connectivity index is 2.16. The molecular weight excluding hydrogens is 260 g/mol. The summed E-state index contributed by atoms with van der Waals surface area (Å²) < 4.78 is 10.9. The molecule has 1 unspecified atom stereocenters. The Labute approximate surface area is 118 Å². The topological polar surface area (TPSA) is 98.4 Å². The molecule has 1 saturated heterocycles. The fourth-order valence-corrected chi connectivity index (χ4v) is 2.12. The third kappa shape index (κ3) is 3.67. The van der Waals surface area contributed by atoms with Crippen LogP contribution in [0.3, 0.4) is 0 Å². The highest BCUT2D eigenvalue weighted by Gasteiger charge is 2.22. The van der Waals surface area contributed by atoms with E-state index >= 15 is 0 Å². The van der Waals surface area contributed by atoms with Crippen LogP contribution in [0.2, 0.25) is 0 Å². The minimum atomic E-state index is 0.204. The van der Waals surface area contributed by atoms with E-state index in [9.17, 15) is 0 Å². The Kier molecular flexibility index (Phi) is 5.31. The standard InChI is InChI=1S/C12H22N6O2/c1-3-7-20-12-15-10(17-13)14-11(16-12)18-6-4-5-9(8-18)19-2/h9H,3-8,13H2,1-2H3,(H,14,15,16,17). The number of aromatic nitrogens is 3. The number of ether oxygens (including phenoxy) is 2. The van der Waals surface area contributed by atoms with Crippen LogP contribution in [0.15, 0.2) is 0 Å². The van der Waals surface area contributed by atoms with Gasteiger partial charge in [0.25, 0.3) is 0 Å². The van der Waals surface area contributed by atoms with E-state index in [-0.39, 0.29) is 6.10 Å². The monoisotopic (exact) mass is 282 g/mol. The molecular formula is C12H22N6O2. The maximum atomic E-state index is 5.47. The Morgan fingerprint density at radius 3 is 2.95 bits per heavy atom. The molecule has 8 heteroatoms. The number of hydrogen-bond donors (Lipinski definition) is 2. The van der Waals surface area contributed by atoms with Crippen LogP contribution < -0.4 is 20.9 Å².